The summed E-state index contributed by atoms with van der Waals surface area (Å²) < 4.78 is 30.7. The molecule has 0 radical (unpaired) electrons. The average molecular weight is 223 g/mol. The first-order valence-corrected chi connectivity index (χ1v) is 4.78. The van der Waals surface area contributed by atoms with E-state index in [9.17, 15) is 13.6 Å². The van der Waals surface area contributed by atoms with Gasteiger partial charge in [0.2, 0.25) is 0 Å². The second-order valence-corrected chi connectivity index (χ2v) is 3.87. The summed E-state index contributed by atoms with van der Waals surface area (Å²) in [5, 5.41) is 8.33. The largest absolute Gasteiger partial charge is 0.480 e. The molecule has 0 amide bonds. The highest BCUT2D eigenvalue weighted by Crippen LogP contribution is 2.29. The number of carboxylic acid groups (broad SMARTS) is 1. The Hall–Kier alpha value is -0.750. The molecule has 0 aromatic carbocycles. The Morgan fingerprint density at radius 3 is 2.87 bits per heavy atom. The molecule has 1 heterocycles. The van der Waals surface area contributed by atoms with E-state index in [0.717, 1.165) is 0 Å². The Morgan fingerprint density at radius 1 is 1.67 bits per heavy atom. The van der Waals surface area contributed by atoms with E-state index in [4.69, 9.17) is 9.84 Å². The van der Waals surface area contributed by atoms with Gasteiger partial charge in [-0.2, -0.15) is 0 Å². The highest BCUT2D eigenvalue weighted by Gasteiger charge is 2.38. The van der Waals surface area contributed by atoms with Crippen LogP contribution >= 0.6 is 0 Å². The Bertz CT molecular complexity index is 235. The number of rotatable bonds is 4. The van der Waals surface area contributed by atoms with Gasteiger partial charge < -0.3 is 9.84 Å². The molecule has 1 atom stereocenters. The molecule has 1 rings (SSSR count). The fraction of sp³-hybridized carbons (Fsp3) is 0.889. The average Bonchev–Trinajstić information content (AvgIpc) is 2.07. The highest BCUT2D eigenvalue weighted by atomic mass is 19.3. The Morgan fingerprint density at radius 2 is 2.33 bits per heavy atom. The first-order chi connectivity index (χ1) is 6.91. The molecule has 1 N–H and O–H groups in total. The molecular formula is C9H15F2NO3. The molecule has 0 spiro atoms. The van der Waals surface area contributed by atoms with Crippen molar-refractivity contribution in [3.05, 3.63) is 0 Å². The van der Waals surface area contributed by atoms with E-state index >= 15 is 0 Å². The van der Waals surface area contributed by atoms with Crippen LogP contribution in [0.5, 0.6) is 0 Å². The maximum Gasteiger partial charge on any atom is 0.329 e. The van der Waals surface area contributed by atoms with Crippen molar-refractivity contribution < 1.29 is 23.4 Å². The van der Waals surface area contributed by atoms with Gasteiger partial charge in [-0.1, -0.05) is 0 Å². The van der Waals surface area contributed by atoms with E-state index in [1.54, 1.807) is 7.05 Å². The third-order valence-electron chi connectivity index (χ3n) is 2.48. The van der Waals surface area contributed by atoms with Gasteiger partial charge in [0.15, 0.2) is 0 Å². The minimum Gasteiger partial charge on any atom is -0.480 e. The molecule has 1 fully saturated rings. The fourth-order valence-corrected chi connectivity index (χ4v) is 1.66. The molecule has 0 saturated carbocycles. The van der Waals surface area contributed by atoms with Crippen LogP contribution in [0.1, 0.15) is 12.8 Å². The lowest BCUT2D eigenvalue weighted by molar-refractivity contribution is -0.144. The molecule has 1 unspecified atom stereocenters. The van der Waals surface area contributed by atoms with Crippen molar-refractivity contribution in [1.82, 2.24) is 4.90 Å². The number of piperidine rings is 1. The molecule has 6 heteroatoms. The van der Waals surface area contributed by atoms with Gasteiger partial charge in [-0.15, -0.1) is 0 Å². The van der Waals surface area contributed by atoms with Crippen LogP contribution in [-0.2, 0) is 9.53 Å². The molecular weight excluding hydrogens is 208 g/mol. The molecule has 0 bridgehead atoms. The van der Waals surface area contributed by atoms with E-state index in [2.05, 4.69) is 0 Å². The minimum atomic E-state index is -2.63. The maximum absolute atomic E-state index is 12.9. The van der Waals surface area contributed by atoms with Gasteiger partial charge in [0.05, 0.1) is 13.2 Å². The summed E-state index contributed by atoms with van der Waals surface area (Å²) in [5.74, 6) is -3.67. The van der Waals surface area contributed by atoms with E-state index in [1.165, 1.54) is 4.90 Å². The van der Waals surface area contributed by atoms with E-state index < -0.39 is 11.9 Å². The van der Waals surface area contributed by atoms with Crippen molar-refractivity contribution in [2.45, 2.75) is 24.8 Å². The van der Waals surface area contributed by atoms with Gasteiger partial charge in [-0.05, 0) is 13.5 Å². The van der Waals surface area contributed by atoms with Crippen molar-refractivity contribution in [2.75, 3.05) is 26.8 Å². The number of likely N-dealkylation sites (N-methyl/N-ethyl adjacent to an activating group) is 1. The van der Waals surface area contributed by atoms with Crippen molar-refractivity contribution in [3.8, 4) is 0 Å². The zero-order valence-electron chi connectivity index (χ0n) is 8.58. The summed E-state index contributed by atoms with van der Waals surface area (Å²) in [5.41, 5.74) is 0. The van der Waals surface area contributed by atoms with Gasteiger partial charge >= 0.3 is 5.97 Å². The second-order valence-electron chi connectivity index (χ2n) is 3.87. The van der Waals surface area contributed by atoms with Crippen molar-refractivity contribution >= 4 is 5.97 Å². The van der Waals surface area contributed by atoms with Crippen LogP contribution in [0, 0.1) is 0 Å². The Balaban J connectivity index is 2.29. The van der Waals surface area contributed by atoms with Crippen molar-refractivity contribution in [3.63, 3.8) is 0 Å². The number of aliphatic carboxylic acids is 1. The number of likely N-dealkylation sites (tertiary alicyclic amines) is 1. The number of ether oxygens (including phenoxy) is 1. The van der Waals surface area contributed by atoms with Crippen LogP contribution < -0.4 is 0 Å². The molecule has 1 saturated heterocycles. The van der Waals surface area contributed by atoms with Crippen molar-refractivity contribution in [1.29, 1.82) is 0 Å². The molecule has 1 aliphatic heterocycles. The SMILES string of the molecule is CN1CC(F)(F)CCC1COCC(=O)O. The summed E-state index contributed by atoms with van der Waals surface area (Å²) in [6, 6.07) is -0.107. The number of carbonyl (C=O) groups is 1. The molecule has 15 heavy (non-hydrogen) atoms. The molecule has 0 aromatic heterocycles. The van der Waals surface area contributed by atoms with Gasteiger partial charge in [0.1, 0.15) is 6.61 Å². The quantitative estimate of drug-likeness (QED) is 0.766. The van der Waals surface area contributed by atoms with Gasteiger partial charge in [0.25, 0.3) is 5.92 Å². The van der Waals surface area contributed by atoms with E-state index in [0.29, 0.717) is 6.42 Å². The summed E-state index contributed by atoms with van der Waals surface area (Å²) in [6.07, 6.45) is 0.182. The zero-order chi connectivity index (χ0) is 11.5. The number of carboxylic acids is 1. The van der Waals surface area contributed by atoms with Crippen LogP contribution in [-0.4, -0.2) is 54.7 Å². The van der Waals surface area contributed by atoms with Crippen LogP contribution in [0.4, 0.5) is 8.78 Å². The molecule has 88 valence electrons. The topological polar surface area (TPSA) is 49.8 Å². The van der Waals surface area contributed by atoms with Gasteiger partial charge in [0, 0.05) is 12.5 Å². The first kappa shape index (κ1) is 12.3. The number of halogens is 2. The minimum absolute atomic E-state index is 0.107. The van der Waals surface area contributed by atoms with Crippen LogP contribution in [0.15, 0.2) is 0 Å². The predicted molar refractivity (Wildman–Crippen MR) is 49.1 cm³/mol. The first-order valence-electron chi connectivity index (χ1n) is 4.78. The monoisotopic (exact) mass is 223 g/mol. The third-order valence-corrected chi connectivity index (χ3v) is 2.48. The summed E-state index contributed by atoms with van der Waals surface area (Å²) in [6.45, 7) is -0.465. The second kappa shape index (κ2) is 4.85. The van der Waals surface area contributed by atoms with Gasteiger partial charge in [-0.3, -0.25) is 4.90 Å². The Labute approximate surface area is 86.8 Å². The lowest BCUT2D eigenvalue weighted by Gasteiger charge is -2.36. The number of hydrogen-bond acceptors (Lipinski definition) is 3. The standard InChI is InChI=1S/C9H15F2NO3/c1-12-6-9(10,11)3-2-7(12)4-15-5-8(13)14/h7H,2-6H2,1H3,(H,13,14). The number of nitrogens with zero attached hydrogens (tertiary/aromatic N) is 1. The molecule has 0 aromatic rings. The molecule has 1 aliphatic rings. The van der Waals surface area contributed by atoms with Crippen LogP contribution in [0.25, 0.3) is 0 Å². The van der Waals surface area contributed by atoms with Crippen LogP contribution in [0.3, 0.4) is 0 Å². The predicted octanol–water partition coefficient (Wildman–Crippen LogP) is 0.817. The number of hydrogen-bond donors (Lipinski definition) is 1. The van der Waals surface area contributed by atoms with E-state index in [1.807, 2.05) is 0 Å². The third kappa shape index (κ3) is 4.09. The van der Waals surface area contributed by atoms with Gasteiger partial charge in [-0.25, -0.2) is 13.6 Å². The zero-order valence-corrected chi connectivity index (χ0v) is 8.58. The molecule has 4 nitrogen and oxygen atoms in total. The molecule has 0 aliphatic carbocycles. The highest BCUT2D eigenvalue weighted by molar-refractivity contribution is 5.67. The summed E-state index contributed by atoms with van der Waals surface area (Å²) in [7, 11) is 1.60. The number of alkyl halides is 2. The maximum atomic E-state index is 12.9. The lowest BCUT2D eigenvalue weighted by Crippen LogP contribution is -2.48. The fourth-order valence-electron chi connectivity index (χ4n) is 1.66. The Kier molecular flexibility index (Phi) is 3.98. The van der Waals surface area contributed by atoms with Crippen molar-refractivity contribution in [2.24, 2.45) is 0 Å². The van der Waals surface area contributed by atoms with Crippen LogP contribution in [0.2, 0.25) is 0 Å². The van der Waals surface area contributed by atoms with E-state index in [-0.39, 0.29) is 32.2 Å². The summed E-state index contributed by atoms with van der Waals surface area (Å²) in [4.78, 5) is 11.7. The lowest BCUT2D eigenvalue weighted by atomic mass is 10.0. The summed E-state index contributed by atoms with van der Waals surface area (Å²) >= 11 is 0. The smallest absolute Gasteiger partial charge is 0.329 e. The normalized spacial score (nSPS) is 26.5.